The fourth-order valence-corrected chi connectivity index (χ4v) is 3.87. The van der Waals surface area contributed by atoms with E-state index in [1.807, 2.05) is 13.8 Å². The molecule has 1 aromatic carbocycles. The first-order valence-corrected chi connectivity index (χ1v) is 11.4. The Hall–Kier alpha value is -3.73. The van der Waals surface area contributed by atoms with Gasteiger partial charge in [0.05, 0.1) is 43.8 Å². The number of benzene rings is 1. The molecule has 3 heterocycles. The molecule has 0 bridgehead atoms. The van der Waals surface area contributed by atoms with E-state index in [4.69, 9.17) is 14.2 Å². The molecule has 1 aliphatic heterocycles. The molecular formula is C24H28FN5O5. The van der Waals surface area contributed by atoms with E-state index in [1.165, 1.54) is 23.9 Å². The Morgan fingerprint density at radius 2 is 2.14 bits per heavy atom. The SMILES string of the molecule is CCC[C@H](C)Oc1cc(-n2nc3n(c2=O)CCOC3)c(F)cc1C(=O)Nc1cnc(OC)cc1C. The summed E-state index contributed by atoms with van der Waals surface area (Å²) in [4.78, 5) is 30.2. The fourth-order valence-electron chi connectivity index (χ4n) is 3.87. The van der Waals surface area contributed by atoms with Crippen LogP contribution in [0.5, 0.6) is 11.6 Å². The van der Waals surface area contributed by atoms with Crippen LogP contribution in [0.25, 0.3) is 5.69 Å². The number of carbonyl (C=O) groups is 1. The molecule has 1 amide bonds. The number of carbonyl (C=O) groups excluding carboxylic acids is 1. The highest BCUT2D eigenvalue weighted by Gasteiger charge is 2.24. The van der Waals surface area contributed by atoms with Crippen LogP contribution in [0.3, 0.4) is 0 Å². The highest BCUT2D eigenvalue weighted by Crippen LogP contribution is 2.28. The van der Waals surface area contributed by atoms with E-state index in [1.54, 1.807) is 13.0 Å². The van der Waals surface area contributed by atoms with Crippen LogP contribution in [0, 0.1) is 12.7 Å². The number of aryl methyl sites for hydroxylation is 1. The highest BCUT2D eigenvalue weighted by atomic mass is 19.1. The van der Waals surface area contributed by atoms with Gasteiger partial charge in [-0.3, -0.25) is 9.36 Å². The van der Waals surface area contributed by atoms with Gasteiger partial charge >= 0.3 is 5.69 Å². The first kappa shape index (κ1) is 24.4. The lowest BCUT2D eigenvalue weighted by molar-refractivity contribution is 0.0805. The third-order valence-electron chi connectivity index (χ3n) is 5.72. The van der Waals surface area contributed by atoms with Crippen molar-refractivity contribution in [3.05, 3.63) is 57.6 Å². The van der Waals surface area contributed by atoms with Crippen molar-refractivity contribution in [3.63, 3.8) is 0 Å². The van der Waals surface area contributed by atoms with Gasteiger partial charge in [0.2, 0.25) is 5.88 Å². The molecule has 1 N–H and O–H groups in total. The first-order chi connectivity index (χ1) is 16.8. The number of anilines is 1. The van der Waals surface area contributed by atoms with Gasteiger partial charge in [-0.25, -0.2) is 14.2 Å². The molecule has 1 aliphatic rings. The van der Waals surface area contributed by atoms with Crippen LogP contribution in [0.4, 0.5) is 10.1 Å². The normalized spacial score (nSPS) is 13.7. The number of methoxy groups -OCH3 is 1. The number of halogens is 1. The van der Waals surface area contributed by atoms with Crippen molar-refractivity contribution in [1.29, 1.82) is 0 Å². The van der Waals surface area contributed by atoms with E-state index in [2.05, 4.69) is 15.4 Å². The molecule has 0 aliphatic carbocycles. The quantitative estimate of drug-likeness (QED) is 0.522. The molecular weight excluding hydrogens is 457 g/mol. The Balaban J connectivity index is 1.74. The zero-order valence-corrected chi connectivity index (χ0v) is 20.1. The van der Waals surface area contributed by atoms with Crippen LogP contribution in [-0.4, -0.2) is 45.1 Å². The number of fused-ring (bicyclic) bond motifs is 1. The largest absolute Gasteiger partial charge is 0.490 e. The Bertz CT molecular complexity index is 1300. The smallest absolute Gasteiger partial charge is 0.350 e. The van der Waals surface area contributed by atoms with E-state index in [0.717, 1.165) is 29.2 Å². The van der Waals surface area contributed by atoms with Crippen LogP contribution in [0.15, 0.2) is 29.2 Å². The first-order valence-electron chi connectivity index (χ1n) is 11.4. The third kappa shape index (κ3) is 5.04. The van der Waals surface area contributed by atoms with Crippen LogP contribution in [-0.2, 0) is 17.9 Å². The summed E-state index contributed by atoms with van der Waals surface area (Å²) in [7, 11) is 1.50. The molecule has 35 heavy (non-hydrogen) atoms. The molecule has 3 aromatic rings. The number of hydrogen-bond acceptors (Lipinski definition) is 7. The summed E-state index contributed by atoms with van der Waals surface area (Å²) in [6.07, 6.45) is 2.81. The minimum Gasteiger partial charge on any atom is -0.490 e. The van der Waals surface area contributed by atoms with Gasteiger partial charge in [-0.15, -0.1) is 5.10 Å². The maximum absolute atomic E-state index is 15.3. The zero-order valence-electron chi connectivity index (χ0n) is 20.1. The number of nitrogens with zero attached hydrogens (tertiary/aromatic N) is 4. The molecule has 0 spiro atoms. The number of ether oxygens (including phenoxy) is 3. The van der Waals surface area contributed by atoms with Gasteiger partial charge in [-0.1, -0.05) is 13.3 Å². The summed E-state index contributed by atoms with van der Waals surface area (Å²) in [5.74, 6) is -0.394. The minimum atomic E-state index is -0.784. The maximum atomic E-state index is 15.3. The monoisotopic (exact) mass is 485 g/mol. The number of hydrogen-bond donors (Lipinski definition) is 1. The van der Waals surface area contributed by atoms with Crippen molar-refractivity contribution in [1.82, 2.24) is 19.3 Å². The lowest BCUT2D eigenvalue weighted by Gasteiger charge is -2.18. The molecule has 10 nitrogen and oxygen atoms in total. The summed E-state index contributed by atoms with van der Waals surface area (Å²) >= 11 is 0. The van der Waals surface area contributed by atoms with Gasteiger partial charge in [0.15, 0.2) is 5.82 Å². The molecule has 4 rings (SSSR count). The van der Waals surface area contributed by atoms with Gasteiger partial charge in [0, 0.05) is 12.1 Å². The number of pyridine rings is 1. The highest BCUT2D eigenvalue weighted by molar-refractivity contribution is 6.06. The lowest BCUT2D eigenvalue weighted by atomic mass is 10.1. The van der Waals surface area contributed by atoms with Crippen molar-refractivity contribution in [2.45, 2.75) is 52.9 Å². The molecule has 0 fully saturated rings. The van der Waals surface area contributed by atoms with Gasteiger partial charge in [-0.2, -0.15) is 4.68 Å². The number of aromatic nitrogens is 4. The molecule has 186 valence electrons. The van der Waals surface area contributed by atoms with Gasteiger partial charge in [0.1, 0.15) is 23.9 Å². The van der Waals surface area contributed by atoms with Gasteiger partial charge in [-0.05, 0) is 31.9 Å². The summed E-state index contributed by atoms with van der Waals surface area (Å²) < 4.78 is 34.2. The number of amides is 1. The summed E-state index contributed by atoms with van der Waals surface area (Å²) in [6.45, 7) is 6.55. The number of rotatable bonds is 8. The molecule has 2 aromatic heterocycles. The maximum Gasteiger partial charge on any atom is 0.350 e. The molecule has 0 saturated heterocycles. The van der Waals surface area contributed by atoms with Crippen molar-refractivity contribution >= 4 is 11.6 Å². The Kier molecular flexibility index (Phi) is 7.15. The van der Waals surface area contributed by atoms with E-state index in [9.17, 15) is 9.59 Å². The predicted molar refractivity (Wildman–Crippen MR) is 126 cm³/mol. The summed E-state index contributed by atoms with van der Waals surface area (Å²) in [6, 6.07) is 4.08. The Morgan fingerprint density at radius 3 is 2.83 bits per heavy atom. The summed E-state index contributed by atoms with van der Waals surface area (Å²) in [5.41, 5.74) is 0.582. The van der Waals surface area contributed by atoms with Crippen LogP contribution in [0.1, 0.15) is 48.4 Å². The lowest BCUT2D eigenvalue weighted by Crippen LogP contribution is -2.29. The van der Waals surface area contributed by atoms with E-state index < -0.39 is 17.4 Å². The van der Waals surface area contributed by atoms with Crippen LogP contribution in [0.2, 0.25) is 0 Å². The molecule has 1 atom stereocenters. The van der Waals surface area contributed by atoms with Gasteiger partial charge < -0.3 is 19.5 Å². The van der Waals surface area contributed by atoms with E-state index in [-0.39, 0.29) is 29.7 Å². The van der Waals surface area contributed by atoms with E-state index in [0.29, 0.717) is 30.5 Å². The molecule has 0 unspecified atom stereocenters. The second kappa shape index (κ2) is 10.3. The molecule has 11 heteroatoms. The average molecular weight is 486 g/mol. The topological polar surface area (TPSA) is 110 Å². The van der Waals surface area contributed by atoms with Crippen LogP contribution < -0.4 is 20.5 Å². The second-order valence-corrected chi connectivity index (χ2v) is 8.33. The fraction of sp³-hybridized carbons (Fsp3) is 0.417. The second-order valence-electron chi connectivity index (χ2n) is 8.33. The minimum absolute atomic E-state index is 0.00947. The van der Waals surface area contributed by atoms with E-state index >= 15 is 4.39 Å². The van der Waals surface area contributed by atoms with Crippen molar-refractivity contribution in [2.24, 2.45) is 0 Å². The van der Waals surface area contributed by atoms with Crippen molar-refractivity contribution < 1.29 is 23.4 Å². The summed E-state index contributed by atoms with van der Waals surface area (Å²) in [5, 5.41) is 6.99. The molecule has 0 radical (unpaired) electrons. The average Bonchev–Trinajstić information content (AvgIpc) is 3.17. The zero-order chi connectivity index (χ0) is 25.1. The predicted octanol–water partition coefficient (Wildman–Crippen LogP) is 3.24. The number of nitrogens with one attached hydrogen (secondary N) is 1. The molecule has 0 saturated carbocycles. The Labute approximate surface area is 201 Å². The van der Waals surface area contributed by atoms with Gasteiger partial charge in [0.25, 0.3) is 5.91 Å². The third-order valence-corrected chi connectivity index (χ3v) is 5.72. The van der Waals surface area contributed by atoms with Crippen molar-refractivity contribution in [3.8, 4) is 17.3 Å². The standard InChI is InChI=1S/C24H28FN5O5/c1-5-6-15(3)35-20-11-19(30-24(32)29-7-8-34-13-21(29)28-30)17(25)10-16(20)23(31)27-18-12-26-22(33-4)9-14(18)2/h9-12,15H,5-8,13H2,1-4H3,(H,27,31)/t15-/m0/s1. The van der Waals surface area contributed by atoms with Crippen molar-refractivity contribution in [2.75, 3.05) is 19.0 Å². The van der Waals surface area contributed by atoms with Crippen LogP contribution >= 0.6 is 0 Å². The Morgan fingerprint density at radius 1 is 1.34 bits per heavy atom.